The van der Waals surface area contributed by atoms with Crippen molar-refractivity contribution >= 4 is 29.0 Å². The standard InChI is InChI=1S/C14H19N3O2S/c1-17(2)11(18)8-9-16-14(19)12(13(15)20)10-6-4-3-5-7-10/h3-7,12H,8-9H2,1-2H3,(H2,15,20)(H,16,19). The van der Waals surface area contributed by atoms with Crippen molar-refractivity contribution in [3.05, 3.63) is 35.9 Å². The molecule has 1 unspecified atom stereocenters. The smallest absolute Gasteiger partial charge is 0.234 e. The van der Waals surface area contributed by atoms with E-state index in [-0.39, 0.29) is 29.8 Å². The van der Waals surface area contributed by atoms with E-state index in [2.05, 4.69) is 5.32 Å². The molecule has 1 aromatic carbocycles. The number of carbonyl (C=O) groups excluding carboxylic acids is 2. The maximum Gasteiger partial charge on any atom is 0.234 e. The summed E-state index contributed by atoms with van der Waals surface area (Å²) in [5.74, 6) is -0.993. The van der Waals surface area contributed by atoms with Gasteiger partial charge in [0.15, 0.2) is 0 Å². The molecule has 0 saturated heterocycles. The highest BCUT2D eigenvalue weighted by molar-refractivity contribution is 7.80. The number of nitrogens with two attached hydrogens (primary N) is 1. The zero-order valence-electron chi connectivity index (χ0n) is 11.6. The first-order chi connectivity index (χ1) is 9.43. The molecular formula is C14H19N3O2S. The zero-order valence-corrected chi connectivity index (χ0v) is 12.4. The third-order valence-electron chi connectivity index (χ3n) is 2.82. The highest BCUT2D eigenvalue weighted by Gasteiger charge is 2.23. The average molecular weight is 293 g/mol. The van der Waals surface area contributed by atoms with Crippen LogP contribution in [0.15, 0.2) is 30.3 Å². The minimum atomic E-state index is -0.666. The summed E-state index contributed by atoms with van der Waals surface area (Å²) in [6.07, 6.45) is 0.248. The molecule has 0 heterocycles. The van der Waals surface area contributed by atoms with Crippen LogP contribution in [0.5, 0.6) is 0 Å². The fourth-order valence-electron chi connectivity index (χ4n) is 1.71. The highest BCUT2D eigenvalue weighted by Crippen LogP contribution is 2.16. The number of hydrogen-bond donors (Lipinski definition) is 2. The lowest BCUT2D eigenvalue weighted by molar-refractivity contribution is -0.128. The lowest BCUT2D eigenvalue weighted by Gasteiger charge is -2.16. The largest absolute Gasteiger partial charge is 0.392 e. The van der Waals surface area contributed by atoms with Crippen LogP contribution >= 0.6 is 12.2 Å². The minimum Gasteiger partial charge on any atom is -0.392 e. The van der Waals surface area contributed by atoms with Crippen LogP contribution < -0.4 is 11.1 Å². The summed E-state index contributed by atoms with van der Waals surface area (Å²) in [7, 11) is 3.35. The van der Waals surface area contributed by atoms with Gasteiger partial charge in [0.25, 0.3) is 0 Å². The van der Waals surface area contributed by atoms with Crippen LogP contribution in [-0.2, 0) is 9.59 Å². The molecule has 0 aromatic heterocycles. The molecule has 5 nitrogen and oxygen atoms in total. The Kier molecular flexibility index (Phi) is 6.11. The lowest BCUT2D eigenvalue weighted by atomic mass is 9.98. The average Bonchev–Trinajstić information content (AvgIpc) is 2.39. The molecule has 0 aliphatic carbocycles. The Balaban J connectivity index is 2.63. The molecule has 2 amide bonds. The van der Waals surface area contributed by atoms with Gasteiger partial charge in [0.1, 0.15) is 5.92 Å². The van der Waals surface area contributed by atoms with Gasteiger partial charge in [0.2, 0.25) is 11.8 Å². The van der Waals surface area contributed by atoms with E-state index in [0.717, 1.165) is 5.56 Å². The number of amides is 2. The van der Waals surface area contributed by atoms with Crippen molar-refractivity contribution in [3.63, 3.8) is 0 Å². The molecule has 0 bridgehead atoms. The molecule has 0 radical (unpaired) electrons. The predicted octanol–water partition coefficient (Wildman–Crippen LogP) is 0.651. The molecule has 1 aromatic rings. The Bertz CT molecular complexity index is 488. The molecule has 6 heteroatoms. The molecule has 0 saturated carbocycles. The van der Waals surface area contributed by atoms with Crippen molar-refractivity contribution < 1.29 is 9.59 Å². The monoisotopic (exact) mass is 293 g/mol. The second-order valence-corrected chi connectivity index (χ2v) is 5.05. The van der Waals surface area contributed by atoms with Gasteiger partial charge in [-0.2, -0.15) is 0 Å². The van der Waals surface area contributed by atoms with Crippen LogP contribution in [0.4, 0.5) is 0 Å². The molecule has 0 aliphatic rings. The lowest BCUT2D eigenvalue weighted by Crippen LogP contribution is -2.38. The molecule has 1 atom stereocenters. The van der Waals surface area contributed by atoms with Crippen LogP contribution in [0.25, 0.3) is 0 Å². The van der Waals surface area contributed by atoms with Crippen molar-refractivity contribution in [2.45, 2.75) is 12.3 Å². The van der Waals surface area contributed by atoms with Gasteiger partial charge in [-0.3, -0.25) is 9.59 Å². The first-order valence-corrected chi connectivity index (χ1v) is 6.66. The summed E-state index contributed by atoms with van der Waals surface area (Å²) in [4.78, 5) is 25.2. The van der Waals surface area contributed by atoms with E-state index in [0.29, 0.717) is 0 Å². The van der Waals surface area contributed by atoms with Crippen LogP contribution in [0.1, 0.15) is 17.9 Å². The van der Waals surface area contributed by atoms with Crippen molar-refractivity contribution in [3.8, 4) is 0 Å². The van der Waals surface area contributed by atoms with Gasteiger partial charge >= 0.3 is 0 Å². The third-order valence-corrected chi connectivity index (χ3v) is 3.05. The maximum absolute atomic E-state index is 12.1. The summed E-state index contributed by atoms with van der Waals surface area (Å²) in [5, 5.41) is 2.69. The number of nitrogens with zero attached hydrogens (tertiary/aromatic N) is 1. The van der Waals surface area contributed by atoms with Crippen molar-refractivity contribution in [2.24, 2.45) is 5.73 Å². The van der Waals surface area contributed by atoms with Crippen molar-refractivity contribution in [2.75, 3.05) is 20.6 Å². The Morgan fingerprint density at radius 1 is 1.30 bits per heavy atom. The van der Waals surface area contributed by atoms with E-state index in [1.165, 1.54) is 4.90 Å². The summed E-state index contributed by atoms with van der Waals surface area (Å²) >= 11 is 4.96. The first kappa shape index (κ1) is 16.1. The summed E-state index contributed by atoms with van der Waals surface area (Å²) < 4.78 is 0. The Labute approximate surface area is 124 Å². The number of rotatable bonds is 6. The normalized spacial score (nSPS) is 11.5. The molecule has 20 heavy (non-hydrogen) atoms. The van der Waals surface area contributed by atoms with Crippen molar-refractivity contribution in [1.29, 1.82) is 0 Å². The first-order valence-electron chi connectivity index (χ1n) is 6.25. The van der Waals surface area contributed by atoms with E-state index < -0.39 is 5.92 Å². The number of nitrogens with one attached hydrogen (secondary N) is 1. The number of benzene rings is 1. The van der Waals surface area contributed by atoms with E-state index in [9.17, 15) is 9.59 Å². The number of hydrogen-bond acceptors (Lipinski definition) is 3. The third kappa shape index (κ3) is 4.62. The predicted molar refractivity (Wildman–Crippen MR) is 82.3 cm³/mol. The van der Waals surface area contributed by atoms with Crippen LogP contribution in [0.2, 0.25) is 0 Å². The van der Waals surface area contributed by atoms with E-state index in [1.54, 1.807) is 26.2 Å². The fourth-order valence-corrected chi connectivity index (χ4v) is 1.95. The Hall–Kier alpha value is -1.95. The van der Waals surface area contributed by atoms with Gasteiger partial charge in [-0.1, -0.05) is 42.5 Å². The molecule has 1 rings (SSSR count). The van der Waals surface area contributed by atoms with Gasteiger partial charge in [-0.15, -0.1) is 0 Å². The summed E-state index contributed by atoms with van der Waals surface area (Å²) in [6, 6.07) is 9.10. The molecule has 108 valence electrons. The zero-order chi connectivity index (χ0) is 15.1. The van der Waals surface area contributed by atoms with Crippen LogP contribution in [-0.4, -0.2) is 42.3 Å². The second kappa shape index (κ2) is 7.59. The SMILES string of the molecule is CN(C)C(=O)CCNC(=O)C(C(N)=S)c1ccccc1. The van der Waals surface area contributed by atoms with Crippen LogP contribution in [0.3, 0.4) is 0 Å². The molecule has 0 spiro atoms. The minimum absolute atomic E-state index is 0.0445. The fraction of sp³-hybridized carbons (Fsp3) is 0.357. The Morgan fingerprint density at radius 2 is 1.90 bits per heavy atom. The van der Waals surface area contributed by atoms with Gasteiger partial charge in [-0.05, 0) is 5.56 Å². The molecule has 0 fully saturated rings. The second-order valence-electron chi connectivity index (χ2n) is 4.58. The van der Waals surface area contributed by atoms with Gasteiger partial charge < -0.3 is 16.0 Å². The Morgan fingerprint density at radius 3 is 2.40 bits per heavy atom. The van der Waals surface area contributed by atoms with E-state index >= 15 is 0 Å². The topological polar surface area (TPSA) is 75.4 Å². The molecule has 3 N–H and O–H groups in total. The number of carbonyl (C=O) groups is 2. The summed E-state index contributed by atoms with van der Waals surface area (Å²) in [5.41, 5.74) is 6.39. The number of thiocarbonyl (C=S) groups is 1. The quantitative estimate of drug-likeness (QED) is 0.755. The highest BCUT2D eigenvalue weighted by atomic mass is 32.1. The molecular weight excluding hydrogens is 274 g/mol. The van der Waals surface area contributed by atoms with E-state index in [1.807, 2.05) is 18.2 Å². The molecule has 0 aliphatic heterocycles. The van der Waals surface area contributed by atoms with Crippen molar-refractivity contribution in [1.82, 2.24) is 10.2 Å². The summed E-state index contributed by atoms with van der Waals surface area (Å²) in [6.45, 7) is 0.266. The van der Waals surface area contributed by atoms with Gasteiger partial charge in [0.05, 0.1) is 4.99 Å². The van der Waals surface area contributed by atoms with Crippen LogP contribution in [0, 0.1) is 0 Å². The van der Waals surface area contributed by atoms with Gasteiger partial charge in [0, 0.05) is 27.1 Å². The van der Waals surface area contributed by atoms with E-state index in [4.69, 9.17) is 18.0 Å². The van der Waals surface area contributed by atoms with Gasteiger partial charge in [-0.25, -0.2) is 0 Å². The maximum atomic E-state index is 12.1.